The monoisotopic (exact) mass is 322 g/mol. The van der Waals surface area contributed by atoms with Crippen molar-refractivity contribution in [2.45, 2.75) is 13.5 Å². The maximum absolute atomic E-state index is 11.0. The standard InChI is InChI=1S/C13H11BrN2O3/c1-8-4-9(14)2-3-12(8)19-6-11-10(13(17)18)5-15-7-16-11/h2-5,7H,6H2,1H3,(H,17,18). The number of carboxylic acids is 1. The Kier molecular flexibility index (Phi) is 4.11. The molecule has 0 aliphatic rings. The van der Waals surface area contributed by atoms with E-state index in [0.29, 0.717) is 11.4 Å². The lowest BCUT2D eigenvalue weighted by Gasteiger charge is -2.10. The van der Waals surface area contributed by atoms with Crippen LogP contribution in [0.2, 0.25) is 0 Å². The molecular weight excluding hydrogens is 312 g/mol. The average Bonchev–Trinajstić information content (AvgIpc) is 2.38. The third-order valence-electron chi connectivity index (χ3n) is 2.53. The number of halogens is 1. The zero-order chi connectivity index (χ0) is 13.8. The summed E-state index contributed by atoms with van der Waals surface area (Å²) in [5.74, 6) is -0.370. The lowest BCUT2D eigenvalue weighted by Crippen LogP contribution is -2.08. The first-order valence-corrected chi connectivity index (χ1v) is 6.28. The molecule has 0 radical (unpaired) electrons. The third-order valence-corrected chi connectivity index (χ3v) is 3.02. The number of carbonyl (C=O) groups is 1. The predicted octanol–water partition coefficient (Wildman–Crippen LogP) is 2.82. The van der Waals surface area contributed by atoms with Crippen molar-refractivity contribution in [2.75, 3.05) is 0 Å². The number of hydrogen-bond acceptors (Lipinski definition) is 4. The number of aromatic carboxylic acids is 1. The Morgan fingerprint density at radius 3 is 2.95 bits per heavy atom. The highest BCUT2D eigenvalue weighted by molar-refractivity contribution is 9.10. The summed E-state index contributed by atoms with van der Waals surface area (Å²) in [4.78, 5) is 18.6. The summed E-state index contributed by atoms with van der Waals surface area (Å²) in [6, 6.07) is 5.61. The highest BCUT2D eigenvalue weighted by Gasteiger charge is 2.12. The second-order valence-electron chi connectivity index (χ2n) is 3.89. The second kappa shape index (κ2) is 5.79. The zero-order valence-corrected chi connectivity index (χ0v) is 11.7. The molecular formula is C13H11BrN2O3. The van der Waals surface area contributed by atoms with Gasteiger partial charge in [0.25, 0.3) is 0 Å². The lowest BCUT2D eigenvalue weighted by atomic mass is 10.2. The summed E-state index contributed by atoms with van der Waals surface area (Å²) in [6.45, 7) is 2.00. The van der Waals surface area contributed by atoms with E-state index in [2.05, 4.69) is 25.9 Å². The molecule has 98 valence electrons. The maximum Gasteiger partial charge on any atom is 0.339 e. The number of aryl methyl sites for hydroxylation is 1. The molecule has 0 saturated heterocycles. The van der Waals surface area contributed by atoms with Crippen LogP contribution in [0.5, 0.6) is 5.75 Å². The van der Waals surface area contributed by atoms with E-state index in [9.17, 15) is 4.79 Å². The van der Waals surface area contributed by atoms with Crippen LogP contribution in [0.25, 0.3) is 0 Å². The second-order valence-corrected chi connectivity index (χ2v) is 4.80. The number of aromatic nitrogens is 2. The van der Waals surface area contributed by atoms with E-state index in [0.717, 1.165) is 10.0 Å². The number of nitrogens with zero attached hydrogens (tertiary/aromatic N) is 2. The Balaban J connectivity index is 2.17. The van der Waals surface area contributed by atoms with E-state index in [4.69, 9.17) is 9.84 Å². The molecule has 1 aromatic heterocycles. The van der Waals surface area contributed by atoms with E-state index >= 15 is 0 Å². The van der Waals surface area contributed by atoms with E-state index in [1.54, 1.807) is 0 Å². The van der Waals surface area contributed by atoms with Crippen molar-refractivity contribution in [3.05, 3.63) is 52.0 Å². The van der Waals surface area contributed by atoms with Crippen molar-refractivity contribution in [3.8, 4) is 5.75 Å². The van der Waals surface area contributed by atoms with Crippen molar-refractivity contribution in [2.24, 2.45) is 0 Å². The van der Waals surface area contributed by atoms with Gasteiger partial charge in [0.2, 0.25) is 0 Å². The van der Waals surface area contributed by atoms with Crippen molar-refractivity contribution >= 4 is 21.9 Å². The third kappa shape index (κ3) is 3.29. The number of hydrogen-bond donors (Lipinski definition) is 1. The molecule has 0 amide bonds. The van der Waals surface area contributed by atoms with Gasteiger partial charge >= 0.3 is 5.97 Å². The number of benzene rings is 1. The molecule has 2 aromatic rings. The zero-order valence-electron chi connectivity index (χ0n) is 10.1. The number of ether oxygens (including phenoxy) is 1. The van der Waals surface area contributed by atoms with Gasteiger partial charge in [-0.05, 0) is 30.7 Å². The predicted molar refractivity (Wildman–Crippen MR) is 72.2 cm³/mol. The van der Waals surface area contributed by atoms with Crippen molar-refractivity contribution in [1.29, 1.82) is 0 Å². The van der Waals surface area contributed by atoms with E-state index in [-0.39, 0.29) is 12.2 Å². The Hall–Kier alpha value is -1.95. The van der Waals surface area contributed by atoms with Gasteiger partial charge in [0.1, 0.15) is 24.2 Å². The topological polar surface area (TPSA) is 72.3 Å². The van der Waals surface area contributed by atoms with Crippen LogP contribution in [0.4, 0.5) is 0 Å². The van der Waals surface area contributed by atoms with Crippen LogP contribution >= 0.6 is 15.9 Å². The van der Waals surface area contributed by atoms with E-state index in [1.807, 2.05) is 25.1 Å². The van der Waals surface area contributed by atoms with Crippen LogP contribution in [0.3, 0.4) is 0 Å². The van der Waals surface area contributed by atoms with Crippen LogP contribution in [0.15, 0.2) is 35.2 Å². The first kappa shape index (κ1) is 13.5. The van der Waals surface area contributed by atoms with Crippen LogP contribution in [0, 0.1) is 6.92 Å². The fourth-order valence-corrected chi connectivity index (χ4v) is 2.05. The van der Waals surface area contributed by atoms with Crippen LogP contribution < -0.4 is 4.74 Å². The van der Waals surface area contributed by atoms with Crippen molar-refractivity contribution < 1.29 is 14.6 Å². The molecule has 0 bridgehead atoms. The SMILES string of the molecule is Cc1cc(Br)ccc1OCc1ncncc1C(=O)O. The highest BCUT2D eigenvalue weighted by atomic mass is 79.9. The minimum absolute atomic E-state index is 0.0530. The molecule has 6 heteroatoms. The van der Waals surface area contributed by atoms with Crippen LogP contribution in [-0.2, 0) is 6.61 Å². The van der Waals surface area contributed by atoms with Crippen LogP contribution in [-0.4, -0.2) is 21.0 Å². The Bertz CT molecular complexity index is 617. The van der Waals surface area contributed by atoms with E-state index < -0.39 is 5.97 Å². The minimum Gasteiger partial charge on any atom is -0.487 e. The molecule has 0 spiro atoms. The summed E-state index contributed by atoms with van der Waals surface area (Å²) in [7, 11) is 0. The van der Waals surface area contributed by atoms with Crippen molar-refractivity contribution in [1.82, 2.24) is 9.97 Å². The van der Waals surface area contributed by atoms with Gasteiger partial charge in [0, 0.05) is 10.7 Å². The first-order valence-electron chi connectivity index (χ1n) is 5.49. The highest BCUT2D eigenvalue weighted by Crippen LogP contribution is 2.23. The van der Waals surface area contributed by atoms with Gasteiger partial charge in [0.05, 0.1) is 5.69 Å². The summed E-state index contributed by atoms with van der Waals surface area (Å²) < 4.78 is 6.56. The molecule has 19 heavy (non-hydrogen) atoms. The molecule has 0 aliphatic heterocycles. The molecule has 1 aromatic carbocycles. The fourth-order valence-electron chi connectivity index (χ4n) is 1.57. The molecule has 0 aliphatic carbocycles. The molecule has 0 atom stereocenters. The molecule has 0 saturated carbocycles. The molecule has 1 N–H and O–H groups in total. The summed E-state index contributed by atoms with van der Waals surface area (Å²) in [6.07, 6.45) is 2.57. The minimum atomic E-state index is -1.06. The average molecular weight is 323 g/mol. The molecule has 5 nitrogen and oxygen atoms in total. The van der Waals surface area contributed by atoms with Crippen LogP contribution in [0.1, 0.15) is 21.6 Å². The maximum atomic E-state index is 11.0. The Morgan fingerprint density at radius 2 is 2.26 bits per heavy atom. The molecule has 0 fully saturated rings. The lowest BCUT2D eigenvalue weighted by molar-refractivity contribution is 0.0692. The van der Waals surface area contributed by atoms with Gasteiger partial charge in [-0.3, -0.25) is 0 Å². The normalized spacial score (nSPS) is 10.2. The van der Waals surface area contributed by atoms with Gasteiger partial charge in [-0.1, -0.05) is 15.9 Å². The van der Waals surface area contributed by atoms with Gasteiger partial charge in [0.15, 0.2) is 0 Å². The molecule has 1 heterocycles. The van der Waals surface area contributed by atoms with Gasteiger partial charge < -0.3 is 9.84 Å². The van der Waals surface area contributed by atoms with Crippen molar-refractivity contribution in [3.63, 3.8) is 0 Å². The molecule has 2 rings (SSSR count). The smallest absolute Gasteiger partial charge is 0.339 e. The largest absolute Gasteiger partial charge is 0.487 e. The summed E-state index contributed by atoms with van der Waals surface area (Å²) in [5.41, 5.74) is 1.36. The number of rotatable bonds is 4. The first-order chi connectivity index (χ1) is 9.08. The number of carboxylic acid groups (broad SMARTS) is 1. The summed E-state index contributed by atoms with van der Waals surface area (Å²) >= 11 is 3.37. The Labute approximate surface area is 118 Å². The van der Waals surface area contributed by atoms with Gasteiger partial charge in [-0.2, -0.15) is 0 Å². The summed E-state index contributed by atoms with van der Waals surface area (Å²) in [5, 5.41) is 9.01. The van der Waals surface area contributed by atoms with E-state index in [1.165, 1.54) is 12.5 Å². The Morgan fingerprint density at radius 1 is 1.47 bits per heavy atom. The van der Waals surface area contributed by atoms with Gasteiger partial charge in [-0.25, -0.2) is 14.8 Å². The molecule has 0 unspecified atom stereocenters. The van der Waals surface area contributed by atoms with Gasteiger partial charge in [-0.15, -0.1) is 0 Å². The quantitative estimate of drug-likeness (QED) is 0.937. The fraction of sp³-hybridized carbons (Fsp3) is 0.154.